The second-order valence-corrected chi connectivity index (χ2v) is 6.78. The fourth-order valence-electron chi connectivity index (χ4n) is 2.43. The van der Waals surface area contributed by atoms with Crippen LogP contribution in [0.5, 0.6) is 11.5 Å². The van der Waals surface area contributed by atoms with Gasteiger partial charge in [-0.2, -0.15) is 0 Å². The molecule has 2 aromatic carbocycles. The molecular formula is C20H21Cl2NO5. The first-order chi connectivity index (χ1) is 13.3. The van der Waals surface area contributed by atoms with Crippen LogP contribution in [0.4, 0.5) is 0 Å². The summed E-state index contributed by atoms with van der Waals surface area (Å²) in [5.41, 5.74) is 1.47. The molecule has 0 spiro atoms. The van der Waals surface area contributed by atoms with Crippen LogP contribution in [0.2, 0.25) is 10.0 Å². The number of carbonyl (C=O) groups excluding carboxylic acids is 2. The lowest BCUT2D eigenvalue weighted by molar-refractivity contribution is -0.154. The summed E-state index contributed by atoms with van der Waals surface area (Å²) in [5, 5.41) is 3.48. The van der Waals surface area contributed by atoms with Gasteiger partial charge in [0, 0.05) is 6.54 Å². The maximum Gasteiger partial charge on any atom is 0.311 e. The molecule has 0 fully saturated rings. The maximum absolute atomic E-state index is 12.2. The number of esters is 1. The number of halogens is 2. The third kappa shape index (κ3) is 6.04. The van der Waals surface area contributed by atoms with E-state index in [9.17, 15) is 9.59 Å². The van der Waals surface area contributed by atoms with Crippen molar-refractivity contribution in [2.45, 2.75) is 26.0 Å². The molecule has 0 saturated heterocycles. The molecule has 1 atom stereocenters. The normalized spacial score (nSPS) is 11.5. The van der Waals surface area contributed by atoms with Crippen LogP contribution in [0.15, 0.2) is 36.4 Å². The number of rotatable bonds is 8. The van der Waals surface area contributed by atoms with Crippen LogP contribution < -0.4 is 14.8 Å². The summed E-state index contributed by atoms with van der Waals surface area (Å²) in [6.45, 7) is 1.77. The van der Waals surface area contributed by atoms with Gasteiger partial charge in [0.15, 0.2) is 17.6 Å². The largest absolute Gasteiger partial charge is 0.493 e. The van der Waals surface area contributed by atoms with Crippen LogP contribution in [0.25, 0.3) is 0 Å². The van der Waals surface area contributed by atoms with E-state index in [4.69, 9.17) is 37.4 Å². The summed E-state index contributed by atoms with van der Waals surface area (Å²) < 4.78 is 15.6. The van der Waals surface area contributed by atoms with Crippen LogP contribution in [-0.2, 0) is 27.3 Å². The Kier molecular flexibility index (Phi) is 7.96. The Bertz CT molecular complexity index is 856. The highest BCUT2D eigenvalue weighted by Gasteiger charge is 2.18. The smallest absolute Gasteiger partial charge is 0.311 e. The van der Waals surface area contributed by atoms with E-state index in [-0.39, 0.29) is 13.0 Å². The molecule has 6 nitrogen and oxygen atoms in total. The number of ether oxygens (including phenoxy) is 3. The third-order valence-electron chi connectivity index (χ3n) is 3.92. The molecule has 0 heterocycles. The second-order valence-electron chi connectivity index (χ2n) is 5.96. The molecule has 1 amide bonds. The molecule has 0 radical (unpaired) electrons. The molecule has 0 aliphatic rings. The lowest BCUT2D eigenvalue weighted by atomic mass is 10.1. The standard InChI is InChI=1S/C20H21Cl2NO5/c1-12(28-19(24)10-13-4-6-15(21)16(22)8-13)20(25)23-11-14-5-7-17(26-2)18(9-14)27-3/h4-9,12H,10-11H2,1-3H3,(H,23,25). The first-order valence-corrected chi connectivity index (χ1v) is 9.21. The molecular weight excluding hydrogens is 405 g/mol. The quantitative estimate of drug-likeness (QED) is 0.650. The Hall–Kier alpha value is -2.44. The van der Waals surface area contributed by atoms with E-state index in [0.29, 0.717) is 27.1 Å². The van der Waals surface area contributed by atoms with Crippen molar-refractivity contribution in [1.82, 2.24) is 5.32 Å². The predicted octanol–water partition coefficient (Wildman–Crippen LogP) is 3.80. The SMILES string of the molecule is COc1ccc(CNC(=O)C(C)OC(=O)Cc2ccc(Cl)c(Cl)c2)cc1OC. The zero-order valence-corrected chi connectivity index (χ0v) is 17.3. The van der Waals surface area contributed by atoms with E-state index >= 15 is 0 Å². The summed E-state index contributed by atoms with van der Waals surface area (Å²) in [4.78, 5) is 24.2. The van der Waals surface area contributed by atoms with Crippen LogP contribution >= 0.6 is 23.2 Å². The first-order valence-electron chi connectivity index (χ1n) is 8.46. The van der Waals surface area contributed by atoms with Gasteiger partial charge in [0.2, 0.25) is 0 Å². The molecule has 1 N–H and O–H groups in total. The molecule has 1 unspecified atom stereocenters. The molecule has 28 heavy (non-hydrogen) atoms. The number of hydrogen-bond acceptors (Lipinski definition) is 5. The van der Waals surface area contributed by atoms with Crippen molar-refractivity contribution < 1.29 is 23.8 Å². The summed E-state index contributed by atoms with van der Waals surface area (Å²) in [7, 11) is 3.09. The van der Waals surface area contributed by atoms with Gasteiger partial charge in [0.05, 0.1) is 30.7 Å². The highest BCUT2D eigenvalue weighted by molar-refractivity contribution is 6.42. The Balaban J connectivity index is 1.86. The minimum absolute atomic E-state index is 0.00973. The molecule has 8 heteroatoms. The van der Waals surface area contributed by atoms with Crippen molar-refractivity contribution >= 4 is 35.1 Å². The van der Waals surface area contributed by atoms with Gasteiger partial charge in [0.1, 0.15) is 0 Å². The molecule has 2 aromatic rings. The number of methoxy groups -OCH3 is 2. The minimum atomic E-state index is -0.935. The first kappa shape index (κ1) is 21.9. The number of hydrogen-bond donors (Lipinski definition) is 1. The number of benzene rings is 2. The van der Waals surface area contributed by atoms with Crippen molar-refractivity contribution in [3.63, 3.8) is 0 Å². The Morgan fingerprint density at radius 1 is 0.964 bits per heavy atom. The van der Waals surface area contributed by atoms with Crippen LogP contribution in [-0.4, -0.2) is 32.2 Å². The zero-order chi connectivity index (χ0) is 20.7. The molecule has 150 valence electrons. The monoisotopic (exact) mass is 425 g/mol. The van der Waals surface area contributed by atoms with Crippen molar-refractivity contribution in [2.75, 3.05) is 14.2 Å². The minimum Gasteiger partial charge on any atom is -0.493 e. The van der Waals surface area contributed by atoms with E-state index in [1.54, 1.807) is 37.4 Å². The summed E-state index contributed by atoms with van der Waals surface area (Å²) in [6, 6.07) is 10.2. The Morgan fingerprint density at radius 3 is 2.29 bits per heavy atom. The molecule has 2 rings (SSSR count). The van der Waals surface area contributed by atoms with E-state index in [0.717, 1.165) is 5.56 Å². The van der Waals surface area contributed by atoms with Crippen molar-refractivity contribution in [3.05, 3.63) is 57.6 Å². The van der Waals surface area contributed by atoms with Gasteiger partial charge >= 0.3 is 5.97 Å². The van der Waals surface area contributed by atoms with Crippen molar-refractivity contribution in [1.29, 1.82) is 0 Å². The van der Waals surface area contributed by atoms with Gasteiger partial charge in [-0.25, -0.2) is 0 Å². The molecule has 0 aromatic heterocycles. The Labute approximate surface area is 173 Å². The van der Waals surface area contributed by atoms with E-state index < -0.39 is 18.0 Å². The average molecular weight is 426 g/mol. The van der Waals surface area contributed by atoms with Crippen LogP contribution in [0, 0.1) is 0 Å². The molecule has 0 aliphatic carbocycles. The van der Waals surface area contributed by atoms with Gasteiger partial charge in [0.25, 0.3) is 5.91 Å². The van der Waals surface area contributed by atoms with Gasteiger partial charge in [-0.1, -0.05) is 35.3 Å². The van der Waals surface area contributed by atoms with Crippen molar-refractivity contribution in [2.24, 2.45) is 0 Å². The lowest BCUT2D eigenvalue weighted by Crippen LogP contribution is -2.35. The van der Waals surface area contributed by atoms with Crippen LogP contribution in [0.3, 0.4) is 0 Å². The topological polar surface area (TPSA) is 73.9 Å². The Morgan fingerprint density at radius 2 is 1.64 bits per heavy atom. The number of amides is 1. The summed E-state index contributed by atoms with van der Waals surface area (Å²) in [5.74, 6) is 0.224. The van der Waals surface area contributed by atoms with Crippen molar-refractivity contribution in [3.8, 4) is 11.5 Å². The number of carbonyl (C=O) groups is 2. The fourth-order valence-corrected chi connectivity index (χ4v) is 2.75. The van der Waals surface area contributed by atoms with Gasteiger partial charge in [-0.3, -0.25) is 9.59 Å². The average Bonchev–Trinajstić information content (AvgIpc) is 2.68. The van der Waals surface area contributed by atoms with Gasteiger partial charge < -0.3 is 19.5 Å². The summed E-state index contributed by atoms with van der Waals surface area (Å²) >= 11 is 11.8. The second kappa shape index (κ2) is 10.2. The highest BCUT2D eigenvalue weighted by Crippen LogP contribution is 2.27. The number of nitrogens with one attached hydrogen (secondary N) is 1. The molecule has 0 bridgehead atoms. The zero-order valence-electron chi connectivity index (χ0n) is 15.8. The van der Waals surface area contributed by atoms with E-state index in [1.165, 1.54) is 14.0 Å². The predicted molar refractivity (Wildman–Crippen MR) is 107 cm³/mol. The maximum atomic E-state index is 12.2. The fraction of sp³-hybridized carbons (Fsp3) is 0.300. The van der Waals surface area contributed by atoms with E-state index in [2.05, 4.69) is 5.32 Å². The van der Waals surface area contributed by atoms with Gasteiger partial charge in [-0.15, -0.1) is 0 Å². The highest BCUT2D eigenvalue weighted by atomic mass is 35.5. The molecule has 0 aliphatic heterocycles. The summed E-state index contributed by atoms with van der Waals surface area (Å²) in [6.07, 6.45) is -0.945. The van der Waals surface area contributed by atoms with Gasteiger partial charge in [-0.05, 0) is 42.3 Å². The van der Waals surface area contributed by atoms with Crippen LogP contribution in [0.1, 0.15) is 18.1 Å². The third-order valence-corrected chi connectivity index (χ3v) is 4.66. The van der Waals surface area contributed by atoms with E-state index in [1.807, 2.05) is 6.07 Å². The lowest BCUT2D eigenvalue weighted by Gasteiger charge is -2.14. The molecule has 0 saturated carbocycles.